The van der Waals surface area contributed by atoms with Crippen LogP contribution in [0.5, 0.6) is 0 Å². The SMILES string of the molecule is CC[N+]1(CC(C)(C)C)C=C(NC2CCOCC2)C=N1. The molecule has 19 heavy (non-hydrogen) atoms. The number of quaternary nitrogens is 1. The zero-order chi connectivity index (χ0) is 13.9. The van der Waals surface area contributed by atoms with Crippen LogP contribution in [-0.2, 0) is 4.74 Å². The summed E-state index contributed by atoms with van der Waals surface area (Å²) in [5.41, 5.74) is 1.45. The van der Waals surface area contributed by atoms with Crippen LogP contribution in [0.4, 0.5) is 0 Å². The fourth-order valence-corrected chi connectivity index (χ4v) is 2.85. The zero-order valence-corrected chi connectivity index (χ0v) is 12.8. The quantitative estimate of drug-likeness (QED) is 0.793. The molecular formula is C15H28N3O+. The third-order valence-electron chi connectivity index (χ3n) is 3.69. The van der Waals surface area contributed by atoms with Crippen LogP contribution in [0.25, 0.3) is 0 Å². The molecule has 1 saturated heterocycles. The smallest absolute Gasteiger partial charge is 0.148 e. The average molecular weight is 266 g/mol. The molecule has 2 aliphatic rings. The lowest BCUT2D eigenvalue weighted by atomic mass is 9.96. The molecule has 1 atom stereocenters. The topological polar surface area (TPSA) is 33.6 Å². The van der Waals surface area contributed by atoms with E-state index in [1.807, 2.05) is 6.21 Å². The van der Waals surface area contributed by atoms with E-state index < -0.39 is 0 Å². The van der Waals surface area contributed by atoms with Crippen LogP contribution in [0.1, 0.15) is 40.5 Å². The van der Waals surface area contributed by atoms with Gasteiger partial charge in [-0.05, 0) is 19.8 Å². The Morgan fingerprint density at radius 2 is 2.05 bits per heavy atom. The summed E-state index contributed by atoms with van der Waals surface area (Å²) < 4.78 is 6.11. The Bertz CT molecular complexity index is 364. The maximum Gasteiger partial charge on any atom is 0.148 e. The van der Waals surface area contributed by atoms with E-state index in [1.54, 1.807) is 0 Å². The second-order valence-electron chi connectivity index (χ2n) is 6.88. The van der Waals surface area contributed by atoms with Crippen molar-refractivity contribution in [3.63, 3.8) is 0 Å². The number of rotatable bonds is 4. The molecule has 0 bridgehead atoms. The Morgan fingerprint density at radius 1 is 1.37 bits per heavy atom. The molecule has 4 nitrogen and oxygen atoms in total. The second-order valence-corrected chi connectivity index (χ2v) is 6.88. The van der Waals surface area contributed by atoms with Crippen LogP contribution in [-0.4, -0.2) is 43.2 Å². The Morgan fingerprint density at radius 3 is 2.63 bits per heavy atom. The molecule has 0 aromatic carbocycles. The van der Waals surface area contributed by atoms with Gasteiger partial charge in [-0.15, -0.1) is 0 Å². The maximum absolute atomic E-state index is 5.40. The lowest BCUT2D eigenvalue weighted by molar-refractivity contribution is -0.888. The van der Waals surface area contributed by atoms with Crippen molar-refractivity contribution in [1.82, 2.24) is 5.32 Å². The molecule has 1 unspecified atom stereocenters. The largest absolute Gasteiger partial charge is 0.381 e. The van der Waals surface area contributed by atoms with Gasteiger partial charge >= 0.3 is 0 Å². The number of nitrogens with zero attached hydrogens (tertiary/aromatic N) is 2. The highest BCUT2D eigenvalue weighted by Gasteiger charge is 2.34. The Hall–Kier alpha value is -0.870. The zero-order valence-electron chi connectivity index (χ0n) is 12.8. The van der Waals surface area contributed by atoms with E-state index in [-0.39, 0.29) is 5.41 Å². The molecule has 1 fully saturated rings. The third kappa shape index (κ3) is 4.05. The molecule has 2 rings (SSSR count). The van der Waals surface area contributed by atoms with E-state index in [4.69, 9.17) is 9.84 Å². The maximum atomic E-state index is 5.40. The molecule has 0 spiro atoms. The van der Waals surface area contributed by atoms with E-state index in [1.165, 1.54) is 5.70 Å². The van der Waals surface area contributed by atoms with Gasteiger partial charge in [0, 0.05) is 24.7 Å². The van der Waals surface area contributed by atoms with Gasteiger partial charge in [-0.2, -0.15) is 4.59 Å². The van der Waals surface area contributed by atoms with Crippen LogP contribution in [0.2, 0.25) is 0 Å². The molecule has 0 aromatic heterocycles. The Balaban J connectivity index is 1.99. The highest BCUT2D eigenvalue weighted by molar-refractivity contribution is 5.78. The summed E-state index contributed by atoms with van der Waals surface area (Å²) in [5.74, 6) is 0. The first-order valence-electron chi connectivity index (χ1n) is 7.42. The minimum absolute atomic E-state index is 0.276. The fourth-order valence-electron chi connectivity index (χ4n) is 2.85. The average Bonchev–Trinajstić information content (AvgIpc) is 2.72. The summed E-state index contributed by atoms with van der Waals surface area (Å²) in [6, 6.07) is 0.540. The van der Waals surface area contributed by atoms with Crippen molar-refractivity contribution in [2.75, 3.05) is 26.3 Å². The van der Waals surface area contributed by atoms with Crippen LogP contribution < -0.4 is 5.32 Å². The lowest BCUT2D eigenvalue weighted by Crippen LogP contribution is -2.42. The molecule has 0 aromatic rings. The number of ether oxygens (including phenoxy) is 1. The molecule has 1 N–H and O–H groups in total. The second kappa shape index (κ2) is 5.63. The normalized spacial score (nSPS) is 28.5. The summed E-state index contributed by atoms with van der Waals surface area (Å²) in [5, 5.41) is 8.35. The van der Waals surface area contributed by atoms with Gasteiger partial charge < -0.3 is 10.1 Å². The first-order valence-corrected chi connectivity index (χ1v) is 7.42. The Kier molecular flexibility index (Phi) is 4.31. The molecule has 4 heteroatoms. The molecule has 0 saturated carbocycles. The third-order valence-corrected chi connectivity index (χ3v) is 3.69. The van der Waals surface area contributed by atoms with Crippen LogP contribution >= 0.6 is 0 Å². The Labute approximate surface area is 117 Å². The van der Waals surface area contributed by atoms with E-state index >= 15 is 0 Å². The highest BCUT2D eigenvalue weighted by Crippen LogP contribution is 2.26. The van der Waals surface area contributed by atoms with E-state index in [0.29, 0.717) is 6.04 Å². The fraction of sp³-hybridized carbons (Fsp3) is 0.800. The number of allylic oxidation sites excluding steroid dienone is 1. The molecule has 108 valence electrons. The molecule has 0 radical (unpaired) electrons. The van der Waals surface area contributed by atoms with Gasteiger partial charge in [0.15, 0.2) is 0 Å². The number of nitrogens with one attached hydrogen (secondary N) is 1. The van der Waals surface area contributed by atoms with Crippen molar-refractivity contribution < 1.29 is 9.33 Å². The highest BCUT2D eigenvalue weighted by atomic mass is 16.5. The molecule has 0 aliphatic carbocycles. The number of hydrogen-bond donors (Lipinski definition) is 1. The van der Waals surface area contributed by atoms with E-state index in [2.05, 4.69) is 39.2 Å². The number of hydrogen-bond acceptors (Lipinski definition) is 3. The summed E-state index contributed by atoms with van der Waals surface area (Å²) in [6.45, 7) is 12.8. The summed E-state index contributed by atoms with van der Waals surface area (Å²) in [4.78, 5) is 0. The van der Waals surface area contributed by atoms with Gasteiger partial charge in [-0.3, -0.25) is 0 Å². The first-order chi connectivity index (χ1) is 8.92. The molecular weight excluding hydrogens is 238 g/mol. The van der Waals surface area contributed by atoms with Crippen molar-refractivity contribution in [3.05, 3.63) is 11.9 Å². The van der Waals surface area contributed by atoms with Crippen molar-refractivity contribution in [2.45, 2.75) is 46.6 Å². The van der Waals surface area contributed by atoms with E-state index in [9.17, 15) is 0 Å². The lowest BCUT2D eigenvalue weighted by Gasteiger charge is -2.31. The van der Waals surface area contributed by atoms with Crippen molar-refractivity contribution in [2.24, 2.45) is 10.5 Å². The standard InChI is InChI=1S/C15H28N3O/c1-5-18(12-15(2,3)4)11-14(10-16-18)17-13-6-8-19-9-7-13/h10-11,13,17H,5-9,12H2,1-4H3/q+1. The van der Waals surface area contributed by atoms with Crippen LogP contribution in [0.3, 0.4) is 0 Å². The van der Waals surface area contributed by atoms with Crippen LogP contribution in [0.15, 0.2) is 17.0 Å². The van der Waals surface area contributed by atoms with E-state index in [0.717, 1.165) is 43.7 Å². The predicted molar refractivity (Wildman–Crippen MR) is 78.7 cm³/mol. The van der Waals surface area contributed by atoms with Crippen molar-refractivity contribution >= 4 is 6.21 Å². The minimum Gasteiger partial charge on any atom is -0.381 e. The summed E-state index contributed by atoms with van der Waals surface area (Å²) in [6.07, 6.45) is 6.47. The molecule has 2 aliphatic heterocycles. The van der Waals surface area contributed by atoms with Gasteiger partial charge in [0.1, 0.15) is 31.2 Å². The monoisotopic (exact) mass is 266 g/mol. The predicted octanol–water partition coefficient (Wildman–Crippen LogP) is 2.48. The molecule has 2 heterocycles. The van der Waals surface area contributed by atoms with Gasteiger partial charge in [0.2, 0.25) is 0 Å². The van der Waals surface area contributed by atoms with Crippen molar-refractivity contribution in [3.8, 4) is 0 Å². The summed E-state index contributed by atoms with van der Waals surface area (Å²) in [7, 11) is 0. The van der Waals surface area contributed by atoms with Gasteiger partial charge in [-0.1, -0.05) is 25.9 Å². The minimum atomic E-state index is 0.276. The summed E-state index contributed by atoms with van der Waals surface area (Å²) >= 11 is 0. The molecule has 0 amide bonds. The van der Waals surface area contributed by atoms with Gasteiger partial charge in [0.25, 0.3) is 0 Å². The van der Waals surface area contributed by atoms with Crippen LogP contribution in [0, 0.1) is 5.41 Å². The van der Waals surface area contributed by atoms with Gasteiger partial charge in [-0.25, -0.2) is 0 Å². The first kappa shape index (κ1) is 14.5. The van der Waals surface area contributed by atoms with Crippen molar-refractivity contribution in [1.29, 1.82) is 0 Å². The van der Waals surface area contributed by atoms with Gasteiger partial charge in [0.05, 0.1) is 0 Å².